The van der Waals surface area contributed by atoms with Crippen molar-refractivity contribution in [2.24, 2.45) is 5.92 Å². The summed E-state index contributed by atoms with van der Waals surface area (Å²) in [5.41, 5.74) is 3.43. The van der Waals surface area contributed by atoms with Crippen LogP contribution in [0.15, 0.2) is 10.7 Å². The molecule has 2 bridgehead atoms. The zero-order valence-electron chi connectivity index (χ0n) is 8.02. The van der Waals surface area contributed by atoms with E-state index in [0.29, 0.717) is 5.92 Å². The molecule has 0 radical (unpaired) electrons. The van der Waals surface area contributed by atoms with E-state index in [1.807, 2.05) is 0 Å². The van der Waals surface area contributed by atoms with Gasteiger partial charge in [-0.15, -0.1) is 5.10 Å². The number of piperidine rings is 1. The topological polar surface area (TPSA) is 54.2 Å². The van der Waals surface area contributed by atoms with Crippen molar-refractivity contribution in [2.45, 2.75) is 18.8 Å². The summed E-state index contributed by atoms with van der Waals surface area (Å²) in [7, 11) is 0. The maximum Gasteiger partial charge on any atom is 0.161 e. The van der Waals surface area contributed by atoms with E-state index in [9.17, 15) is 0 Å². The van der Waals surface area contributed by atoms with Crippen LogP contribution < -0.4 is 5.43 Å². The zero-order valence-corrected chi connectivity index (χ0v) is 8.02. The van der Waals surface area contributed by atoms with Crippen molar-refractivity contribution in [1.29, 1.82) is 0 Å². The Morgan fingerprint density at radius 3 is 3.00 bits per heavy atom. The molecule has 1 atom stereocenters. The van der Waals surface area contributed by atoms with Crippen LogP contribution in [0.5, 0.6) is 0 Å². The van der Waals surface area contributed by atoms with Crippen molar-refractivity contribution in [3.05, 3.63) is 12.0 Å². The van der Waals surface area contributed by atoms with Crippen LogP contribution >= 0.6 is 0 Å². The van der Waals surface area contributed by atoms with E-state index >= 15 is 0 Å². The van der Waals surface area contributed by atoms with Crippen molar-refractivity contribution in [3.8, 4) is 0 Å². The monoisotopic (exact) mass is 194 g/mol. The van der Waals surface area contributed by atoms with Gasteiger partial charge in [0.05, 0.1) is 6.20 Å². The number of nitrogens with zero attached hydrogens (tertiary/aromatic N) is 3. The van der Waals surface area contributed by atoms with Crippen LogP contribution in [-0.2, 0) is 0 Å². The van der Waals surface area contributed by atoms with Gasteiger partial charge in [-0.05, 0) is 18.8 Å². The zero-order chi connectivity index (χ0) is 9.38. The normalized spacial score (nSPS) is 37.0. The minimum Gasteiger partial charge on any atom is -0.342 e. The van der Waals surface area contributed by atoms with Crippen molar-refractivity contribution < 1.29 is 4.52 Å². The third kappa shape index (κ3) is 1.33. The van der Waals surface area contributed by atoms with Gasteiger partial charge in [-0.2, -0.15) is 0 Å². The first-order valence-corrected chi connectivity index (χ1v) is 5.19. The Balaban J connectivity index is 1.85. The van der Waals surface area contributed by atoms with Crippen LogP contribution in [-0.4, -0.2) is 35.0 Å². The molecular formula is C9H14N4O. The molecule has 0 saturated carbocycles. The Kier molecular flexibility index (Phi) is 1.99. The fourth-order valence-electron chi connectivity index (χ4n) is 2.53. The summed E-state index contributed by atoms with van der Waals surface area (Å²) < 4.78 is 5.16. The Hall–Kier alpha value is -0.940. The van der Waals surface area contributed by atoms with Gasteiger partial charge in [0.2, 0.25) is 0 Å². The molecule has 3 fully saturated rings. The first-order valence-electron chi connectivity index (χ1n) is 5.19. The number of aromatic nitrogens is 2. The highest BCUT2D eigenvalue weighted by molar-refractivity contribution is 5.03. The lowest BCUT2D eigenvalue weighted by atomic mass is 9.84. The summed E-state index contributed by atoms with van der Waals surface area (Å²) in [4.78, 5) is 0. The number of hydrazine groups is 1. The molecule has 1 aromatic heterocycles. The second kappa shape index (κ2) is 3.33. The largest absolute Gasteiger partial charge is 0.342 e. The standard InChI is InChI=1S/C9H14N4O/c1-3-13-4-2-7(1)8(5-11-13)9-6-10-12-14-9/h6-8,11H,1-5H2. The average molecular weight is 194 g/mol. The Morgan fingerprint density at radius 2 is 2.29 bits per heavy atom. The van der Waals surface area contributed by atoms with Gasteiger partial charge in [0.1, 0.15) is 0 Å². The summed E-state index contributed by atoms with van der Waals surface area (Å²) in [6.45, 7) is 3.27. The minimum atomic E-state index is 0.456. The van der Waals surface area contributed by atoms with E-state index in [1.165, 1.54) is 12.8 Å². The van der Waals surface area contributed by atoms with Gasteiger partial charge < -0.3 is 4.52 Å². The second-order valence-electron chi connectivity index (χ2n) is 4.11. The molecule has 4 heterocycles. The molecule has 14 heavy (non-hydrogen) atoms. The SMILES string of the molecule is c1nnoc1C1CNN2CCC1CC2. The van der Waals surface area contributed by atoms with Gasteiger partial charge in [-0.3, -0.25) is 5.43 Å². The second-order valence-corrected chi connectivity index (χ2v) is 4.11. The van der Waals surface area contributed by atoms with Gasteiger partial charge in [0.25, 0.3) is 0 Å². The highest BCUT2D eigenvalue weighted by Gasteiger charge is 2.33. The molecule has 5 nitrogen and oxygen atoms in total. The van der Waals surface area contributed by atoms with Crippen molar-refractivity contribution in [1.82, 2.24) is 20.8 Å². The van der Waals surface area contributed by atoms with Crippen molar-refractivity contribution >= 4 is 0 Å². The molecule has 1 N–H and O–H groups in total. The van der Waals surface area contributed by atoms with Crippen molar-refractivity contribution in [3.63, 3.8) is 0 Å². The van der Waals surface area contributed by atoms with Crippen LogP contribution in [0.25, 0.3) is 0 Å². The van der Waals surface area contributed by atoms with E-state index in [4.69, 9.17) is 4.52 Å². The third-order valence-corrected chi connectivity index (χ3v) is 3.39. The van der Waals surface area contributed by atoms with Gasteiger partial charge in [0, 0.05) is 30.8 Å². The maximum absolute atomic E-state index is 5.16. The summed E-state index contributed by atoms with van der Waals surface area (Å²) in [6.07, 6.45) is 4.25. The van der Waals surface area contributed by atoms with Crippen LogP contribution in [0, 0.1) is 5.92 Å². The highest BCUT2D eigenvalue weighted by atomic mass is 16.5. The Labute approximate surface area is 82.4 Å². The number of fused-ring (bicyclic) bond motifs is 4. The molecule has 76 valence electrons. The first kappa shape index (κ1) is 8.38. The predicted octanol–water partition coefficient (Wildman–Crippen LogP) is 0.383. The molecule has 1 unspecified atom stereocenters. The molecule has 0 amide bonds. The number of hydrogen-bond donors (Lipinski definition) is 1. The smallest absolute Gasteiger partial charge is 0.161 e. The van der Waals surface area contributed by atoms with Crippen LogP contribution in [0.2, 0.25) is 0 Å². The molecule has 3 aliphatic heterocycles. The molecule has 0 aliphatic carbocycles. The number of hydrogen-bond acceptors (Lipinski definition) is 5. The average Bonchev–Trinajstić information content (AvgIpc) is 2.60. The summed E-state index contributed by atoms with van der Waals surface area (Å²) in [5.74, 6) is 2.12. The Morgan fingerprint density at radius 1 is 1.43 bits per heavy atom. The fourth-order valence-corrected chi connectivity index (χ4v) is 2.53. The lowest BCUT2D eigenvalue weighted by Crippen LogP contribution is -2.39. The molecule has 4 rings (SSSR count). The lowest BCUT2D eigenvalue weighted by Gasteiger charge is -2.27. The quantitative estimate of drug-likeness (QED) is 0.700. The first-order chi connectivity index (χ1) is 6.93. The number of nitrogens with one attached hydrogen (secondary N) is 1. The van der Waals surface area contributed by atoms with Crippen molar-refractivity contribution in [2.75, 3.05) is 19.6 Å². The number of rotatable bonds is 1. The summed E-state index contributed by atoms with van der Waals surface area (Å²) >= 11 is 0. The van der Waals surface area contributed by atoms with Crippen LogP contribution in [0.1, 0.15) is 24.5 Å². The van der Waals surface area contributed by atoms with Gasteiger partial charge in [-0.1, -0.05) is 0 Å². The summed E-state index contributed by atoms with van der Waals surface area (Å²) in [5, 5.41) is 9.60. The molecule has 3 saturated heterocycles. The third-order valence-electron chi connectivity index (χ3n) is 3.39. The van der Waals surface area contributed by atoms with E-state index in [2.05, 4.69) is 20.8 Å². The molecular weight excluding hydrogens is 180 g/mol. The highest BCUT2D eigenvalue weighted by Crippen LogP contribution is 2.33. The van der Waals surface area contributed by atoms with E-state index < -0.39 is 0 Å². The van der Waals surface area contributed by atoms with E-state index in [0.717, 1.165) is 31.3 Å². The van der Waals surface area contributed by atoms with E-state index in [1.54, 1.807) is 6.20 Å². The molecule has 0 spiro atoms. The molecule has 3 aliphatic rings. The Bertz CT molecular complexity index is 292. The maximum atomic E-state index is 5.16. The lowest BCUT2D eigenvalue weighted by molar-refractivity contribution is 0.164. The predicted molar refractivity (Wildman–Crippen MR) is 49.3 cm³/mol. The van der Waals surface area contributed by atoms with E-state index in [-0.39, 0.29) is 0 Å². The fraction of sp³-hybridized carbons (Fsp3) is 0.778. The minimum absolute atomic E-state index is 0.456. The van der Waals surface area contributed by atoms with Gasteiger partial charge in [0.15, 0.2) is 5.76 Å². The van der Waals surface area contributed by atoms with Crippen LogP contribution in [0.3, 0.4) is 0 Å². The summed E-state index contributed by atoms with van der Waals surface area (Å²) in [6, 6.07) is 0. The molecule has 5 heteroatoms. The van der Waals surface area contributed by atoms with Gasteiger partial charge in [-0.25, -0.2) is 5.01 Å². The van der Waals surface area contributed by atoms with Crippen LogP contribution in [0.4, 0.5) is 0 Å². The van der Waals surface area contributed by atoms with Gasteiger partial charge >= 0.3 is 0 Å². The molecule has 0 aromatic carbocycles. The molecule has 1 aromatic rings.